The molecule has 19 heavy (non-hydrogen) atoms. The van der Waals surface area contributed by atoms with Gasteiger partial charge in [0.15, 0.2) is 0 Å². The van der Waals surface area contributed by atoms with Gasteiger partial charge in [0.05, 0.1) is 0 Å². The molecule has 0 spiro atoms. The maximum absolute atomic E-state index is 12.0. The standard InChI is InChI=1S/C14H16N4O/c1-18(2)12-5-3-11(4-6-12)17-14(19)10-7-8-16-13(15)9-10/h3-9H,1-2H3,(H2,15,16)(H,17,19). The van der Waals surface area contributed by atoms with E-state index in [0.29, 0.717) is 11.4 Å². The number of hydrogen-bond acceptors (Lipinski definition) is 4. The molecule has 1 aromatic carbocycles. The Kier molecular flexibility index (Phi) is 3.66. The minimum Gasteiger partial charge on any atom is -0.384 e. The second kappa shape index (κ2) is 5.39. The average Bonchev–Trinajstić information content (AvgIpc) is 2.39. The summed E-state index contributed by atoms with van der Waals surface area (Å²) in [5.41, 5.74) is 7.85. The number of benzene rings is 1. The van der Waals surface area contributed by atoms with E-state index in [1.54, 1.807) is 12.1 Å². The zero-order valence-corrected chi connectivity index (χ0v) is 10.9. The van der Waals surface area contributed by atoms with E-state index in [9.17, 15) is 4.79 Å². The Hall–Kier alpha value is -2.56. The third-order valence-electron chi connectivity index (χ3n) is 2.68. The molecule has 2 rings (SSSR count). The Morgan fingerprint density at radius 1 is 1.21 bits per heavy atom. The number of carbonyl (C=O) groups is 1. The third kappa shape index (κ3) is 3.22. The zero-order valence-electron chi connectivity index (χ0n) is 10.9. The minimum absolute atomic E-state index is 0.202. The van der Waals surface area contributed by atoms with Gasteiger partial charge in [-0.1, -0.05) is 0 Å². The predicted molar refractivity (Wildman–Crippen MR) is 77.4 cm³/mol. The summed E-state index contributed by atoms with van der Waals surface area (Å²) in [6.45, 7) is 0. The number of nitrogens with zero attached hydrogens (tertiary/aromatic N) is 2. The van der Waals surface area contributed by atoms with Crippen LogP contribution >= 0.6 is 0 Å². The number of amides is 1. The molecule has 0 saturated heterocycles. The summed E-state index contributed by atoms with van der Waals surface area (Å²) in [7, 11) is 3.93. The molecule has 0 radical (unpaired) electrons. The van der Waals surface area contributed by atoms with Gasteiger partial charge in [-0.05, 0) is 36.4 Å². The molecule has 3 N–H and O–H groups in total. The van der Waals surface area contributed by atoms with Crippen molar-refractivity contribution in [3.8, 4) is 0 Å². The molecule has 98 valence electrons. The summed E-state index contributed by atoms with van der Waals surface area (Å²) in [4.78, 5) is 17.8. The Labute approximate surface area is 112 Å². The molecule has 5 nitrogen and oxygen atoms in total. The van der Waals surface area contributed by atoms with Crippen LogP contribution in [-0.2, 0) is 0 Å². The van der Waals surface area contributed by atoms with Crippen molar-refractivity contribution in [3.05, 3.63) is 48.2 Å². The van der Waals surface area contributed by atoms with Crippen LogP contribution in [0.5, 0.6) is 0 Å². The van der Waals surface area contributed by atoms with E-state index >= 15 is 0 Å². The van der Waals surface area contributed by atoms with Gasteiger partial charge in [-0.15, -0.1) is 0 Å². The van der Waals surface area contributed by atoms with Crippen LogP contribution in [0.15, 0.2) is 42.6 Å². The summed E-state index contributed by atoms with van der Waals surface area (Å²) in [5, 5.41) is 2.81. The lowest BCUT2D eigenvalue weighted by atomic mass is 10.2. The monoisotopic (exact) mass is 256 g/mol. The van der Waals surface area contributed by atoms with Crippen LogP contribution in [0.2, 0.25) is 0 Å². The van der Waals surface area contributed by atoms with Gasteiger partial charge in [0.1, 0.15) is 5.82 Å². The number of carbonyl (C=O) groups excluding carboxylic acids is 1. The second-order valence-corrected chi connectivity index (χ2v) is 4.36. The lowest BCUT2D eigenvalue weighted by Gasteiger charge is -2.13. The van der Waals surface area contributed by atoms with E-state index in [1.165, 1.54) is 6.20 Å². The fourth-order valence-electron chi connectivity index (χ4n) is 1.64. The first-order valence-corrected chi connectivity index (χ1v) is 5.86. The van der Waals surface area contributed by atoms with Crippen LogP contribution in [0, 0.1) is 0 Å². The first-order valence-electron chi connectivity index (χ1n) is 5.86. The van der Waals surface area contributed by atoms with E-state index in [1.807, 2.05) is 43.3 Å². The Morgan fingerprint density at radius 2 is 1.89 bits per heavy atom. The highest BCUT2D eigenvalue weighted by atomic mass is 16.1. The lowest BCUT2D eigenvalue weighted by molar-refractivity contribution is 0.102. The summed E-state index contributed by atoms with van der Waals surface area (Å²) >= 11 is 0. The molecule has 1 aromatic heterocycles. The van der Waals surface area contributed by atoms with Gasteiger partial charge in [-0.25, -0.2) is 4.98 Å². The summed E-state index contributed by atoms with van der Waals surface area (Å²) in [5.74, 6) is 0.127. The number of nitrogens with one attached hydrogen (secondary N) is 1. The fourth-order valence-corrected chi connectivity index (χ4v) is 1.64. The summed E-state index contributed by atoms with van der Waals surface area (Å²) in [6, 6.07) is 10.8. The van der Waals surface area contributed by atoms with Gasteiger partial charge in [-0.2, -0.15) is 0 Å². The molecule has 0 aliphatic heterocycles. The Bertz CT molecular complexity index is 578. The smallest absolute Gasteiger partial charge is 0.255 e. The van der Waals surface area contributed by atoms with Crippen LogP contribution in [0.4, 0.5) is 17.2 Å². The van der Waals surface area contributed by atoms with Crippen molar-refractivity contribution in [2.75, 3.05) is 30.0 Å². The van der Waals surface area contributed by atoms with Crippen molar-refractivity contribution in [2.45, 2.75) is 0 Å². The number of hydrogen-bond donors (Lipinski definition) is 2. The molecule has 0 aliphatic carbocycles. The van der Waals surface area contributed by atoms with Crippen molar-refractivity contribution in [2.24, 2.45) is 0 Å². The SMILES string of the molecule is CN(C)c1ccc(NC(=O)c2ccnc(N)c2)cc1. The quantitative estimate of drug-likeness (QED) is 0.881. The Balaban J connectivity index is 2.10. The molecule has 0 bridgehead atoms. The molecular formula is C14H16N4O. The number of nitrogens with two attached hydrogens (primary N) is 1. The maximum Gasteiger partial charge on any atom is 0.255 e. The number of nitrogen functional groups attached to an aromatic ring is 1. The average molecular weight is 256 g/mol. The zero-order chi connectivity index (χ0) is 13.8. The summed E-state index contributed by atoms with van der Waals surface area (Å²) < 4.78 is 0. The van der Waals surface area contributed by atoms with Crippen LogP contribution in [0.25, 0.3) is 0 Å². The van der Waals surface area contributed by atoms with Crippen molar-refractivity contribution in [1.82, 2.24) is 4.98 Å². The van der Waals surface area contributed by atoms with Crippen LogP contribution < -0.4 is 16.0 Å². The van der Waals surface area contributed by atoms with Crippen LogP contribution in [0.1, 0.15) is 10.4 Å². The van der Waals surface area contributed by atoms with Gasteiger partial charge in [0, 0.05) is 37.2 Å². The van der Waals surface area contributed by atoms with Gasteiger partial charge >= 0.3 is 0 Å². The molecule has 1 heterocycles. The van der Waals surface area contributed by atoms with Crippen molar-refractivity contribution in [1.29, 1.82) is 0 Å². The highest BCUT2D eigenvalue weighted by molar-refractivity contribution is 6.04. The van der Waals surface area contributed by atoms with Crippen molar-refractivity contribution >= 4 is 23.1 Å². The highest BCUT2D eigenvalue weighted by Crippen LogP contribution is 2.16. The highest BCUT2D eigenvalue weighted by Gasteiger charge is 2.06. The maximum atomic E-state index is 12.0. The predicted octanol–water partition coefficient (Wildman–Crippen LogP) is 1.98. The van der Waals surface area contributed by atoms with E-state index in [2.05, 4.69) is 10.3 Å². The van der Waals surface area contributed by atoms with Gasteiger partial charge in [-0.3, -0.25) is 4.79 Å². The molecule has 0 atom stereocenters. The van der Waals surface area contributed by atoms with E-state index in [0.717, 1.165) is 11.4 Å². The topological polar surface area (TPSA) is 71.2 Å². The number of anilines is 3. The number of aromatic nitrogens is 1. The lowest BCUT2D eigenvalue weighted by Crippen LogP contribution is -2.13. The normalized spacial score (nSPS) is 10.0. The molecule has 0 fully saturated rings. The second-order valence-electron chi connectivity index (χ2n) is 4.36. The molecule has 0 saturated carbocycles. The van der Waals surface area contributed by atoms with E-state index in [4.69, 9.17) is 5.73 Å². The first-order chi connectivity index (χ1) is 9.06. The van der Waals surface area contributed by atoms with Crippen molar-refractivity contribution in [3.63, 3.8) is 0 Å². The van der Waals surface area contributed by atoms with Crippen molar-refractivity contribution < 1.29 is 4.79 Å². The molecule has 0 aliphatic rings. The molecular weight excluding hydrogens is 240 g/mol. The van der Waals surface area contributed by atoms with Gasteiger partial charge < -0.3 is 16.0 Å². The molecule has 5 heteroatoms. The van der Waals surface area contributed by atoms with Crippen LogP contribution in [0.3, 0.4) is 0 Å². The van der Waals surface area contributed by atoms with Gasteiger partial charge in [0.25, 0.3) is 5.91 Å². The van der Waals surface area contributed by atoms with Gasteiger partial charge in [0.2, 0.25) is 0 Å². The van der Waals surface area contributed by atoms with E-state index in [-0.39, 0.29) is 5.91 Å². The molecule has 0 unspecified atom stereocenters. The molecule has 1 amide bonds. The van der Waals surface area contributed by atoms with E-state index < -0.39 is 0 Å². The largest absolute Gasteiger partial charge is 0.384 e. The summed E-state index contributed by atoms with van der Waals surface area (Å²) in [6.07, 6.45) is 1.51. The third-order valence-corrected chi connectivity index (χ3v) is 2.68. The van der Waals surface area contributed by atoms with Crippen LogP contribution in [-0.4, -0.2) is 25.0 Å². The molecule has 2 aromatic rings. The Morgan fingerprint density at radius 3 is 2.47 bits per heavy atom. The fraction of sp³-hybridized carbons (Fsp3) is 0.143. The minimum atomic E-state index is -0.202. The first kappa shape index (κ1) is 12.9. The number of rotatable bonds is 3. The number of pyridine rings is 1.